The van der Waals surface area contributed by atoms with Crippen LogP contribution in [-0.2, 0) is 13.1 Å². The van der Waals surface area contributed by atoms with Gasteiger partial charge in [0.25, 0.3) is 5.91 Å². The smallest absolute Gasteiger partial charge is 0.258 e. The number of benzene rings is 1. The summed E-state index contributed by atoms with van der Waals surface area (Å²) in [6.07, 6.45) is 1.69. The summed E-state index contributed by atoms with van der Waals surface area (Å²) < 4.78 is 7.20. The van der Waals surface area contributed by atoms with E-state index in [4.69, 9.17) is 4.74 Å². The normalized spacial score (nSPS) is 14.1. The molecule has 2 aromatic rings. The van der Waals surface area contributed by atoms with E-state index in [1.807, 2.05) is 16.7 Å². The lowest BCUT2D eigenvalue weighted by molar-refractivity contribution is 0.0704. The predicted octanol–water partition coefficient (Wildman–Crippen LogP) is 0.943. The lowest BCUT2D eigenvalue weighted by atomic mass is 10.1. The number of carbonyl (C=O) groups excluding carboxylic acids is 1. The van der Waals surface area contributed by atoms with Crippen LogP contribution in [0.1, 0.15) is 16.2 Å². The summed E-state index contributed by atoms with van der Waals surface area (Å²) in [6.45, 7) is 1.86. The van der Waals surface area contributed by atoms with Gasteiger partial charge in [0.1, 0.15) is 12.1 Å². The van der Waals surface area contributed by atoms with Crippen molar-refractivity contribution < 1.29 is 9.53 Å². The molecule has 0 saturated carbocycles. The van der Waals surface area contributed by atoms with Gasteiger partial charge >= 0.3 is 0 Å². The number of rotatable bonds is 2. The van der Waals surface area contributed by atoms with E-state index < -0.39 is 0 Å². The van der Waals surface area contributed by atoms with Crippen LogP contribution in [0.25, 0.3) is 0 Å². The number of hydrogen-bond acceptors (Lipinski definition) is 4. The van der Waals surface area contributed by atoms with E-state index in [1.54, 1.807) is 30.5 Å². The number of hydrogen-bond donors (Lipinski definition) is 0. The van der Waals surface area contributed by atoms with E-state index in [1.165, 1.54) is 0 Å². The zero-order chi connectivity index (χ0) is 13.2. The molecular weight excluding hydrogens is 244 g/mol. The van der Waals surface area contributed by atoms with Crippen molar-refractivity contribution in [2.75, 3.05) is 13.7 Å². The molecule has 6 nitrogen and oxygen atoms in total. The van der Waals surface area contributed by atoms with Crippen LogP contribution in [0.3, 0.4) is 0 Å². The highest BCUT2D eigenvalue weighted by molar-refractivity contribution is 5.96. The van der Waals surface area contributed by atoms with E-state index in [0.29, 0.717) is 24.4 Å². The molecule has 19 heavy (non-hydrogen) atoms. The van der Waals surface area contributed by atoms with Crippen molar-refractivity contribution >= 4 is 5.91 Å². The van der Waals surface area contributed by atoms with E-state index in [9.17, 15) is 4.79 Å². The topological polar surface area (TPSA) is 60.2 Å². The second kappa shape index (κ2) is 4.72. The number of nitrogens with zero attached hydrogens (tertiary/aromatic N) is 4. The lowest BCUT2D eigenvalue weighted by Crippen LogP contribution is -2.38. The van der Waals surface area contributed by atoms with Crippen LogP contribution in [0.2, 0.25) is 0 Å². The first kappa shape index (κ1) is 11.7. The Bertz CT molecular complexity index is 608. The second-order valence-corrected chi connectivity index (χ2v) is 4.37. The largest absolute Gasteiger partial charge is 0.496 e. The number of ether oxygens (including phenoxy) is 1. The highest BCUT2D eigenvalue weighted by Crippen LogP contribution is 2.21. The second-order valence-electron chi connectivity index (χ2n) is 4.37. The molecule has 0 bridgehead atoms. The van der Waals surface area contributed by atoms with Gasteiger partial charge in [0.15, 0.2) is 5.82 Å². The van der Waals surface area contributed by atoms with E-state index in [2.05, 4.69) is 10.2 Å². The molecule has 0 spiro atoms. The average molecular weight is 258 g/mol. The standard InChI is InChI=1S/C13H14N4O2/c1-19-11-5-3-2-4-10(11)13(18)16-6-7-17-9-14-15-12(17)8-16/h2-5,9H,6-8H2,1H3. The lowest BCUT2D eigenvalue weighted by Gasteiger charge is -2.27. The van der Waals surface area contributed by atoms with Gasteiger partial charge in [-0.25, -0.2) is 0 Å². The van der Waals surface area contributed by atoms with Gasteiger partial charge in [0, 0.05) is 13.1 Å². The van der Waals surface area contributed by atoms with E-state index in [0.717, 1.165) is 12.4 Å². The monoisotopic (exact) mass is 258 g/mol. The maximum Gasteiger partial charge on any atom is 0.258 e. The molecule has 1 aliphatic rings. The quantitative estimate of drug-likeness (QED) is 0.804. The number of carbonyl (C=O) groups is 1. The summed E-state index contributed by atoms with van der Waals surface area (Å²) in [6, 6.07) is 7.25. The Balaban J connectivity index is 1.85. The molecule has 0 atom stereocenters. The van der Waals surface area contributed by atoms with Crippen LogP contribution in [0, 0.1) is 0 Å². The average Bonchev–Trinajstić information content (AvgIpc) is 2.93. The Labute approximate surface area is 110 Å². The number of fused-ring (bicyclic) bond motifs is 1. The summed E-state index contributed by atoms with van der Waals surface area (Å²) in [4.78, 5) is 14.3. The molecule has 0 N–H and O–H groups in total. The fourth-order valence-electron chi connectivity index (χ4n) is 2.23. The molecule has 1 aromatic heterocycles. The molecule has 0 fully saturated rings. The summed E-state index contributed by atoms with van der Waals surface area (Å²) in [5.41, 5.74) is 0.581. The fraction of sp³-hybridized carbons (Fsp3) is 0.308. The highest BCUT2D eigenvalue weighted by atomic mass is 16.5. The minimum atomic E-state index is -0.0355. The van der Waals surface area contributed by atoms with E-state index in [-0.39, 0.29) is 5.91 Å². The van der Waals surface area contributed by atoms with Crippen molar-refractivity contribution in [1.82, 2.24) is 19.7 Å². The van der Waals surface area contributed by atoms with Crippen molar-refractivity contribution in [1.29, 1.82) is 0 Å². The number of amides is 1. The molecule has 0 unspecified atom stereocenters. The highest BCUT2D eigenvalue weighted by Gasteiger charge is 2.24. The molecule has 98 valence electrons. The number of para-hydroxylation sites is 1. The van der Waals surface area contributed by atoms with Gasteiger partial charge in [-0.3, -0.25) is 4.79 Å². The van der Waals surface area contributed by atoms with Crippen molar-refractivity contribution in [2.45, 2.75) is 13.1 Å². The van der Waals surface area contributed by atoms with Gasteiger partial charge < -0.3 is 14.2 Å². The molecule has 1 aliphatic heterocycles. The number of aromatic nitrogens is 3. The van der Waals surface area contributed by atoms with E-state index >= 15 is 0 Å². The molecule has 6 heteroatoms. The van der Waals surface area contributed by atoms with Gasteiger partial charge in [-0.2, -0.15) is 0 Å². The van der Waals surface area contributed by atoms with Gasteiger partial charge in [-0.1, -0.05) is 12.1 Å². The summed E-state index contributed by atoms with van der Waals surface area (Å²) in [5.74, 6) is 1.38. The van der Waals surface area contributed by atoms with Gasteiger partial charge in [0.2, 0.25) is 0 Å². The first-order valence-electron chi connectivity index (χ1n) is 6.08. The Morgan fingerprint density at radius 3 is 3.00 bits per heavy atom. The maximum atomic E-state index is 12.5. The first-order chi connectivity index (χ1) is 9.29. The predicted molar refractivity (Wildman–Crippen MR) is 67.8 cm³/mol. The van der Waals surface area contributed by atoms with Crippen LogP contribution in [-0.4, -0.2) is 39.2 Å². The van der Waals surface area contributed by atoms with Crippen LogP contribution in [0.4, 0.5) is 0 Å². The van der Waals surface area contributed by atoms with Crippen molar-refractivity contribution in [3.63, 3.8) is 0 Å². The first-order valence-corrected chi connectivity index (χ1v) is 6.08. The van der Waals surface area contributed by atoms with Crippen LogP contribution in [0.5, 0.6) is 5.75 Å². The molecule has 0 saturated heterocycles. The summed E-state index contributed by atoms with van der Waals surface area (Å²) >= 11 is 0. The third kappa shape index (κ3) is 2.05. The van der Waals surface area contributed by atoms with Gasteiger partial charge in [-0.05, 0) is 12.1 Å². The molecular formula is C13H14N4O2. The molecule has 2 heterocycles. The maximum absolute atomic E-state index is 12.5. The minimum absolute atomic E-state index is 0.0355. The summed E-state index contributed by atoms with van der Waals surface area (Å²) in [5, 5.41) is 7.87. The molecule has 3 rings (SSSR count). The molecule has 1 amide bonds. The zero-order valence-electron chi connectivity index (χ0n) is 10.6. The molecule has 0 radical (unpaired) electrons. The summed E-state index contributed by atoms with van der Waals surface area (Å²) in [7, 11) is 1.57. The van der Waals surface area contributed by atoms with Crippen LogP contribution in [0.15, 0.2) is 30.6 Å². The Kier molecular flexibility index (Phi) is 2.91. The van der Waals surface area contributed by atoms with Crippen molar-refractivity contribution in [2.24, 2.45) is 0 Å². The van der Waals surface area contributed by atoms with Gasteiger partial charge in [0.05, 0.1) is 19.2 Å². The van der Waals surface area contributed by atoms with Crippen molar-refractivity contribution in [3.8, 4) is 5.75 Å². The van der Waals surface area contributed by atoms with Gasteiger partial charge in [-0.15, -0.1) is 10.2 Å². The van der Waals surface area contributed by atoms with Crippen LogP contribution >= 0.6 is 0 Å². The third-order valence-electron chi connectivity index (χ3n) is 3.26. The number of methoxy groups -OCH3 is 1. The third-order valence-corrected chi connectivity index (χ3v) is 3.26. The zero-order valence-corrected chi connectivity index (χ0v) is 10.6. The van der Waals surface area contributed by atoms with Crippen LogP contribution < -0.4 is 4.74 Å². The Morgan fingerprint density at radius 1 is 1.32 bits per heavy atom. The minimum Gasteiger partial charge on any atom is -0.496 e. The Hall–Kier alpha value is -2.37. The fourth-order valence-corrected chi connectivity index (χ4v) is 2.23. The SMILES string of the molecule is COc1ccccc1C(=O)N1CCn2cnnc2C1. The van der Waals surface area contributed by atoms with Crippen molar-refractivity contribution in [3.05, 3.63) is 42.0 Å². The Morgan fingerprint density at radius 2 is 2.16 bits per heavy atom. The molecule has 1 aromatic carbocycles. The molecule has 0 aliphatic carbocycles.